The van der Waals surface area contributed by atoms with Gasteiger partial charge in [-0.1, -0.05) is 19.9 Å². The molecule has 1 aromatic heterocycles. The van der Waals surface area contributed by atoms with Crippen LogP contribution in [0, 0.1) is 0 Å². The Labute approximate surface area is 193 Å². The van der Waals surface area contributed by atoms with Gasteiger partial charge in [-0.2, -0.15) is 4.31 Å². The van der Waals surface area contributed by atoms with Gasteiger partial charge in [0, 0.05) is 39.5 Å². The summed E-state index contributed by atoms with van der Waals surface area (Å²) < 4.78 is 39.6. The molecular weight excluding hydrogens is 444 g/mol. The predicted molar refractivity (Wildman–Crippen MR) is 124 cm³/mol. The van der Waals surface area contributed by atoms with E-state index in [9.17, 15) is 13.2 Å². The first-order chi connectivity index (χ1) is 15.8. The molecule has 0 aliphatic carbocycles. The molecule has 3 aromatic rings. The number of ether oxygens (including phenoxy) is 2. The van der Waals surface area contributed by atoms with Crippen molar-refractivity contribution in [1.29, 1.82) is 0 Å². The molecule has 1 aliphatic rings. The summed E-state index contributed by atoms with van der Waals surface area (Å²) in [7, 11) is -1.69. The second-order valence-corrected chi connectivity index (χ2v) is 9.73. The fraction of sp³-hybridized carbons (Fsp3) is 0.391. The molecule has 0 radical (unpaired) electrons. The summed E-state index contributed by atoms with van der Waals surface area (Å²) in [4.78, 5) is 17.2. The second-order valence-electron chi connectivity index (χ2n) is 7.79. The standard InChI is InChI=1S/C23H28N4O5S/c1-4-27(5-2)33(29,30)17-7-8-19-18(13-17)25-22(26(19)3)10-11-23(28)24-14-16-6-9-20-21(12-16)32-15-31-20/h6-9,12-13H,4-5,10-11,14-15H2,1-3H3,(H,24,28). The number of nitrogens with one attached hydrogen (secondary N) is 1. The lowest BCUT2D eigenvalue weighted by Crippen LogP contribution is -2.30. The average Bonchev–Trinajstić information content (AvgIpc) is 3.40. The number of amides is 1. The molecule has 1 amide bonds. The largest absolute Gasteiger partial charge is 0.454 e. The maximum Gasteiger partial charge on any atom is 0.243 e. The predicted octanol–water partition coefficient (Wildman–Crippen LogP) is 2.58. The fourth-order valence-corrected chi connectivity index (χ4v) is 5.37. The number of benzene rings is 2. The Hall–Kier alpha value is -3.11. The molecule has 4 rings (SSSR count). The molecule has 1 aliphatic heterocycles. The van der Waals surface area contributed by atoms with Gasteiger partial charge in [0.15, 0.2) is 11.5 Å². The number of aromatic nitrogens is 2. The quantitative estimate of drug-likeness (QED) is 0.514. The van der Waals surface area contributed by atoms with Crippen LogP contribution >= 0.6 is 0 Å². The second kappa shape index (κ2) is 9.40. The highest BCUT2D eigenvalue weighted by molar-refractivity contribution is 7.89. The number of aryl methyl sites for hydroxylation is 2. The van der Waals surface area contributed by atoms with Gasteiger partial charge in [-0.25, -0.2) is 13.4 Å². The van der Waals surface area contributed by atoms with E-state index in [-0.39, 0.29) is 24.0 Å². The number of imidazole rings is 1. The van der Waals surface area contributed by atoms with Crippen LogP contribution in [0.1, 0.15) is 31.7 Å². The smallest absolute Gasteiger partial charge is 0.243 e. The van der Waals surface area contributed by atoms with Crippen molar-refractivity contribution in [2.75, 3.05) is 19.9 Å². The van der Waals surface area contributed by atoms with Gasteiger partial charge in [-0.15, -0.1) is 0 Å². The highest BCUT2D eigenvalue weighted by atomic mass is 32.2. The van der Waals surface area contributed by atoms with Crippen molar-refractivity contribution in [1.82, 2.24) is 19.2 Å². The topological polar surface area (TPSA) is 103 Å². The van der Waals surface area contributed by atoms with Crippen molar-refractivity contribution < 1.29 is 22.7 Å². The van der Waals surface area contributed by atoms with Gasteiger partial charge in [0.05, 0.1) is 15.9 Å². The molecule has 1 N–H and O–H groups in total. The lowest BCUT2D eigenvalue weighted by molar-refractivity contribution is -0.121. The first-order valence-electron chi connectivity index (χ1n) is 10.9. The van der Waals surface area contributed by atoms with Gasteiger partial charge in [-0.05, 0) is 35.9 Å². The summed E-state index contributed by atoms with van der Waals surface area (Å²) >= 11 is 0. The minimum atomic E-state index is -3.56. The van der Waals surface area contributed by atoms with Gasteiger partial charge in [0.1, 0.15) is 5.82 Å². The van der Waals surface area contributed by atoms with Crippen LogP contribution in [0.5, 0.6) is 11.5 Å². The number of nitrogens with zero attached hydrogens (tertiary/aromatic N) is 3. The number of sulfonamides is 1. The van der Waals surface area contributed by atoms with Gasteiger partial charge in [-0.3, -0.25) is 4.79 Å². The molecule has 0 spiro atoms. The van der Waals surface area contributed by atoms with Crippen LogP contribution in [0.25, 0.3) is 11.0 Å². The van der Waals surface area contributed by atoms with E-state index in [1.165, 1.54) is 4.31 Å². The van der Waals surface area contributed by atoms with Crippen LogP contribution in [0.3, 0.4) is 0 Å². The van der Waals surface area contributed by atoms with Crippen LogP contribution in [0.4, 0.5) is 0 Å². The number of rotatable bonds is 9. The Balaban J connectivity index is 1.41. The Morgan fingerprint density at radius 1 is 1.12 bits per heavy atom. The van der Waals surface area contributed by atoms with E-state index in [4.69, 9.17) is 9.47 Å². The minimum Gasteiger partial charge on any atom is -0.454 e. The van der Waals surface area contributed by atoms with Crippen molar-refractivity contribution in [3.05, 3.63) is 47.8 Å². The van der Waals surface area contributed by atoms with E-state index < -0.39 is 10.0 Å². The zero-order valence-electron chi connectivity index (χ0n) is 19.0. The van der Waals surface area contributed by atoms with Crippen LogP contribution in [0.2, 0.25) is 0 Å². The summed E-state index contributed by atoms with van der Waals surface area (Å²) in [6, 6.07) is 10.6. The molecule has 9 nitrogen and oxygen atoms in total. The molecule has 10 heteroatoms. The third-order valence-corrected chi connectivity index (χ3v) is 7.84. The van der Waals surface area contributed by atoms with Crippen molar-refractivity contribution >= 4 is 27.0 Å². The third-order valence-electron chi connectivity index (χ3n) is 5.79. The molecular formula is C23H28N4O5S. The van der Waals surface area contributed by atoms with E-state index in [1.54, 1.807) is 18.2 Å². The van der Waals surface area contributed by atoms with E-state index in [1.807, 2.05) is 43.7 Å². The van der Waals surface area contributed by atoms with E-state index in [0.717, 1.165) is 16.9 Å². The monoisotopic (exact) mass is 472 g/mol. The Bertz CT molecular complexity index is 1280. The number of fused-ring (bicyclic) bond motifs is 2. The van der Waals surface area contributed by atoms with Gasteiger partial charge < -0.3 is 19.4 Å². The average molecular weight is 473 g/mol. The van der Waals surface area contributed by atoms with Crippen LogP contribution < -0.4 is 14.8 Å². The molecule has 0 fully saturated rings. The van der Waals surface area contributed by atoms with Crippen molar-refractivity contribution in [2.24, 2.45) is 7.05 Å². The van der Waals surface area contributed by atoms with Gasteiger partial charge in [0.25, 0.3) is 0 Å². The van der Waals surface area contributed by atoms with Crippen molar-refractivity contribution in [3.8, 4) is 11.5 Å². The van der Waals surface area contributed by atoms with Crippen LogP contribution in [-0.4, -0.2) is 48.1 Å². The SMILES string of the molecule is CCN(CC)S(=O)(=O)c1ccc2c(c1)nc(CCC(=O)NCc1ccc3c(c1)OCO3)n2C. The maximum absolute atomic E-state index is 12.8. The minimum absolute atomic E-state index is 0.0930. The summed E-state index contributed by atoms with van der Waals surface area (Å²) in [6.45, 7) is 5.06. The third kappa shape index (κ3) is 4.67. The van der Waals surface area contributed by atoms with E-state index in [2.05, 4.69) is 10.3 Å². The normalized spacial score (nSPS) is 13.1. The zero-order valence-corrected chi connectivity index (χ0v) is 19.8. The molecule has 0 bridgehead atoms. The lowest BCUT2D eigenvalue weighted by atomic mass is 10.2. The Morgan fingerprint density at radius 2 is 1.88 bits per heavy atom. The van der Waals surface area contributed by atoms with E-state index in [0.29, 0.717) is 43.1 Å². The summed E-state index contributed by atoms with van der Waals surface area (Å²) in [6.07, 6.45) is 0.711. The summed E-state index contributed by atoms with van der Waals surface area (Å²) in [5.74, 6) is 2.02. The summed E-state index contributed by atoms with van der Waals surface area (Å²) in [5.41, 5.74) is 2.35. The van der Waals surface area contributed by atoms with Gasteiger partial charge in [0.2, 0.25) is 22.7 Å². The zero-order chi connectivity index (χ0) is 23.6. The summed E-state index contributed by atoms with van der Waals surface area (Å²) in [5, 5.41) is 2.91. The Kier molecular flexibility index (Phi) is 6.57. The molecule has 2 aromatic carbocycles. The number of carbonyl (C=O) groups excluding carboxylic acids is 1. The Morgan fingerprint density at radius 3 is 2.64 bits per heavy atom. The molecule has 0 saturated heterocycles. The van der Waals surface area contributed by atoms with Gasteiger partial charge >= 0.3 is 0 Å². The highest BCUT2D eigenvalue weighted by Gasteiger charge is 2.23. The van der Waals surface area contributed by atoms with Crippen LogP contribution in [-0.2, 0) is 34.8 Å². The molecule has 176 valence electrons. The van der Waals surface area contributed by atoms with Crippen molar-refractivity contribution in [2.45, 2.75) is 38.1 Å². The molecule has 0 unspecified atom stereocenters. The number of hydrogen-bond acceptors (Lipinski definition) is 6. The lowest BCUT2D eigenvalue weighted by Gasteiger charge is -2.18. The molecule has 2 heterocycles. The fourth-order valence-electron chi connectivity index (χ4n) is 3.89. The van der Waals surface area contributed by atoms with Crippen LogP contribution in [0.15, 0.2) is 41.3 Å². The highest BCUT2D eigenvalue weighted by Crippen LogP contribution is 2.32. The number of hydrogen-bond donors (Lipinski definition) is 1. The first-order valence-corrected chi connectivity index (χ1v) is 12.4. The molecule has 33 heavy (non-hydrogen) atoms. The maximum atomic E-state index is 12.8. The van der Waals surface area contributed by atoms with Crippen molar-refractivity contribution in [3.63, 3.8) is 0 Å². The number of carbonyl (C=O) groups is 1. The molecule has 0 saturated carbocycles. The van der Waals surface area contributed by atoms with E-state index >= 15 is 0 Å². The first kappa shape index (κ1) is 23.1. The molecule has 0 atom stereocenters.